The van der Waals surface area contributed by atoms with E-state index in [2.05, 4.69) is 17.4 Å². The first kappa shape index (κ1) is 16.7. The standard InChI is InChI=1S/C13H27N3O2/c1-4-7-8-10(5-2)13(17)15-11(6-3)9-12(14)16-18/h10-11,18H,4-9H2,1-3H3,(H2,14,16)(H,15,17). The summed E-state index contributed by atoms with van der Waals surface area (Å²) in [6.07, 6.45) is 5.12. The van der Waals surface area contributed by atoms with Gasteiger partial charge in [0.15, 0.2) is 0 Å². The Bertz CT molecular complexity index is 267. The molecule has 5 nitrogen and oxygen atoms in total. The largest absolute Gasteiger partial charge is 0.409 e. The van der Waals surface area contributed by atoms with E-state index in [1.807, 2.05) is 13.8 Å². The van der Waals surface area contributed by atoms with Crippen LogP contribution in [0.15, 0.2) is 5.16 Å². The molecule has 0 spiro atoms. The summed E-state index contributed by atoms with van der Waals surface area (Å²) in [5.74, 6) is 0.318. The van der Waals surface area contributed by atoms with Crippen molar-refractivity contribution in [2.24, 2.45) is 16.8 Å². The van der Waals surface area contributed by atoms with E-state index in [9.17, 15) is 4.79 Å². The van der Waals surface area contributed by atoms with Crippen LogP contribution in [0.3, 0.4) is 0 Å². The number of carbonyl (C=O) groups is 1. The topological polar surface area (TPSA) is 87.7 Å². The number of hydrogen-bond donors (Lipinski definition) is 3. The van der Waals surface area contributed by atoms with E-state index in [1.54, 1.807) is 0 Å². The van der Waals surface area contributed by atoms with E-state index < -0.39 is 0 Å². The van der Waals surface area contributed by atoms with Crippen LogP contribution in [0.1, 0.15) is 59.3 Å². The van der Waals surface area contributed by atoms with Crippen molar-refractivity contribution in [2.45, 2.75) is 65.3 Å². The third-order valence-corrected chi connectivity index (χ3v) is 3.19. The average molecular weight is 257 g/mol. The normalized spacial score (nSPS) is 15.2. The first-order chi connectivity index (χ1) is 8.58. The number of nitrogens with one attached hydrogen (secondary N) is 1. The summed E-state index contributed by atoms with van der Waals surface area (Å²) in [5.41, 5.74) is 5.46. The molecule has 0 aromatic heterocycles. The van der Waals surface area contributed by atoms with Gasteiger partial charge in [0.2, 0.25) is 5.91 Å². The molecular formula is C13H27N3O2. The fourth-order valence-electron chi connectivity index (χ4n) is 1.88. The maximum Gasteiger partial charge on any atom is 0.223 e. The van der Waals surface area contributed by atoms with Crippen LogP contribution in [-0.2, 0) is 4.79 Å². The van der Waals surface area contributed by atoms with Gasteiger partial charge in [0.25, 0.3) is 0 Å². The quantitative estimate of drug-likeness (QED) is 0.256. The summed E-state index contributed by atoms with van der Waals surface area (Å²) in [6.45, 7) is 6.13. The molecule has 0 fully saturated rings. The van der Waals surface area contributed by atoms with E-state index in [0.29, 0.717) is 6.42 Å². The second-order valence-corrected chi connectivity index (χ2v) is 4.66. The smallest absolute Gasteiger partial charge is 0.223 e. The van der Waals surface area contributed by atoms with Crippen LogP contribution in [0.2, 0.25) is 0 Å². The number of rotatable bonds is 9. The first-order valence-electron chi connectivity index (χ1n) is 6.85. The minimum Gasteiger partial charge on any atom is -0.409 e. The van der Waals surface area contributed by atoms with Gasteiger partial charge < -0.3 is 16.3 Å². The summed E-state index contributed by atoms with van der Waals surface area (Å²) in [6, 6.07) is -0.0518. The van der Waals surface area contributed by atoms with E-state index in [1.165, 1.54) is 0 Å². The summed E-state index contributed by atoms with van der Waals surface area (Å²) in [4.78, 5) is 12.1. The van der Waals surface area contributed by atoms with Crippen molar-refractivity contribution in [2.75, 3.05) is 0 Å². The molecule has 4 N–H and O–H groups in total. The maximum atomic E-state index is 12.1. The fourth-order valence-corrected chi connectivity index (χ4v) is 1.88. The predicted octanol–water partition coefficient (Wildman–Crippen LogP) is 2.23. The van der Waals surface area contributed by atoms with Gasteiger partial charge in [-0.05, 0) is 19.3 Å². The van der Waals surface area contributed by atoms with Gasteiger partial charge in [-0.1, -0.05) is 38.8 Å². The van der Waals surface area contributed by atoms with Crippen LogP contribution in [0.4, 0.5) is 0 Å². The lowest BCUT2D eigenvalue weighted by Crippen LogP contribution is -2.40. The molecule has 1 amide bonds. The zero-order valence-electron chi connectivity index (χ0n) is 11.8. The molecule has 5 heteroatoms. The Hall–Kier alpha value is -1.26. The molecule has 0 aliphatic carbocycles. The maximum absolute atomic E-state index is 12.1. The van der Waals surface area contributed by atoms with Gasteiger partial charge in [0.1, 0.15) is 5.84 Å². The average Bonchev–Trinajstić information content (AvgIpc) is 2.38. The molecule has 0 bridgehead atoms. The molecule has 0 aliphatic rings. The number of amidine groups is 1. The van der Waals surface area contributed by atoms with Gasteiger partial charge in [-0.25, -0.2) is 0 Å². The number of nitrogens with two attached hydrogens (primary N) is 1. The Morgan fingerprint density at radius 3 is 2.44 bits per heavy atom. The third-order valence-electron chi connectivity index (χ3n) is 3.19. The van der Waals surface area contributed by atoms with Gasteiger partial charge in [-0.2, -0.15) is 0 Å². The number of amides is 1. The number of oxime groups is 1. The SMILES string of the molecule is CCCCC(CC)C(=O)NC(CC)CC(N)=NO. The van der Waals surface area contributed by atoms with E-state index in [0.717, 1.165) is 32.1 Å². The lowest BCUT2D eigenvalue weighted by molar-refractivity contribution is -0.126. The van der Waals surface area contributed by atoms with Crippen molar-refractivity contribution in [3.63, 3.8) is 0 Å². The summed E-state index contributed by atoms with van der Waals surface area (Å²) >= 11 is 0. The second kappa shape index (κ2) is 9.74. The van der Waals surface area contributed by atoms with Crippen molar-refractivity contribution in [1.82, 2.24) is 5.32 Å². The van der Waals surface area contributed by atoms with Crippen molar-refractivity contribution in [3.8, 4) is 0 Å². The van der Waals surface area contributed by atoms with Gasteiger partial charge in [-0.3, -0.25) is 4.79 Å². The highest BCUT2D eigenvalue weighted by Gasteiger charge is 2.19. The van der Waals surface area contributed by atoms with E-state index >= 15 is 0 Å². The first-order valence-corrected chi connectivity index (χ1v) is 6.85. The number of unbranched alkanes of at least 4 members (excludes halogenated alkanes) is 1. The highest BCUT2D eigenvalue weighted by molar-refractivity contribution is 5.82. The van der Waals surface area contributed by atoms with Crippen molar-refractivity contribution in [3.05, 3.63) is 0 Å². The molecule has 2 atom stereocenters. The Balaban J connectivity index is 4.30. The number of carbonyl (C=O) groups excluding carboxylic acids is 1. The number of nitrogens with zero attached hydrogens (tertiary/aromatic N) is 1. The minimum atomic E-state index is -0.0518. The Morgan fingerprint density at radius 1 is 1.33 bits per heavy atom. The minimum absolute atomic E-state index is 0.0518. The highest BCUT2D eigenvalue weighted by atomic mass is 16.4. The van der Waals surface area contributed by atoms with Gasteiger partial charge >= 0.3 is 0 Å². The molecule has 2 unspecified atom stereocenters. The van der Waals surface area contributed by atoms with Crippen LogP contribution in [0.25, 0.3) is 0 Å². The van der Waals surface area contributed by atoms with Crippen LogP contribution in [-0.4, -0.2) is 23.0 Å². The Labute approximate surface area is 110 Å². The summed E-state index contributed by atoms with van der Waals surface area (Å²) in [5, 5.41) is 14.5. The zero-order chi connectivity index (χ0) is 14.0. The molecule has 0 aromatic carbocycles. The lowest BCUT2D eigenvalue weighted by atomic mass is 9.97. The molecule has 0 saturated carbocycles. The molecule has 0 heterocycles. The highest BCUT2D eigenvalue weighted by Crippen LogP contribution is 2.13. The van der Waals surface area contributed by atoms with Crippen molar-refractivity contribution >= 4 is 11.7 Å². The van der Waals surface area contributed by atoms with Crippen LogP contribution < -0.4 is 11.1 Å². The van der Waals surface area contributed by atoms with Gasteiger partial charge in [0.05, 0.1) is 0 Å². The molecule has 0 aliphatic heterocycles. The fraction of sp³-hybridized carbons (Fsp3) is 0.846. The third kappa shape index (κ3) is 6.47. The molecule has 0 rings (SSSR count). The van der Waals surface area contributed by atoms with Crippen molar-refractivity contribution < 1.29 is 10.0 Å². The zero-order valence-corrected chi connectivity index (χ0v) is 11.8. The van der Waals surface area contributed by atoms with Gasteiger partial charge in [0, 0.05) is 18.4 Å². The van der Waals surface area contributed by atoms with Crippen molar-refractivity contribution in [1.29, 1.82) is 0 Å². The second-order valence-electron chi connectivity index (χ2n) is 4.66. The monoisotopic (exact) mass is 257 g/mol. The molecule has 0 aromatic rings. The Kier molecular flexibility index (Phi) is 9.06. The molecule has 0 saturated heterocycles. The molecule has 18 heavy (non-hydrogen) atoms. The molecule has 0 radical (unpaired) electrons. The predicted molar refractivity (Wildman–Crippen MR) is 73.6 cm³/mol. The van der Waals surface area contributed by atoms with Crippen LogP contribution in [0.5, 0.6) is 0 Å². The molecular weight excluding hydrogens is 230 g/mol. The van der Waals surface area contributed by atoms with Gasteiger partial charge in [-0.15, -0.1) is 0 Å². The van der Waals surface area contributed by atoms with Crippen LogP contribution in [0, 0.1) is 5.92 Å². The lowest BCUT2D eigenvalue weighted by Gasteiger charge is -2.20. The summed E-state index contributed by atoms with van der Waals surface area (Å²) in [7, 11) is 0. The molecule has 106 valence electrons. The van der Waals surface area contributed by atoms with E-state index in [4.69, 9.17) is 10.9 Å². The van der Waals surface area contributed by atoms with E-state index in [-0.39, 0.29) is 23.7 Å². The Morgan fingerprint density at radius 2 is 2.00 bits per heavy atom. The van der Waals surface area contributed by atoms with Crippen LogP contribution >= 0.6 is 0 Å². The number of hydrogen-bond acceptors (Lipinski definition) is 3. The summed E-state index contributed by atoms with van der Waals surface area (Å²) < 4.78 is 0.